The monoisotopic (exact) mass is 270 g/mol. The topological polar surface area (TPSA) is 29.5 Å². The van der Waals surface area contributed by atoms with Crippen LogP contribution in [0.5, 0.6) is 0 Å². The summed E-state index contributed by atoms with van der Waals surface area (Å²) in [7, 11) is 0. The first-order valence-corrected chi connectivity index (χ1v) is 5.98. The minimum atomic E-state index is -0.717. The number of rotatable bonds is 1. The van der Waals surface area contributed by atoms with Gasteiger partial charge in [-0.3, -0.25) is 0 Å². The Labute approximate surface area is 98.4 Å². The van der Waals surface area contributed by atoms with E-state index in [9.17, 15) is 5.11 Å². The summed E-state index contributed by atoms with van der Waals surface area (Å²) < 4.78 is 6.27. The van der Waals surface area contributed by atoms with Crippen molar-refractivity contribution in [1.82, 2.24) is 0 Å². The molecule has 0 unspecified atom stereocenters. The van der Waals surface area contributed by atoms with Crippen molar-refractivity contribution in [2.24, 2.45) is 0 Å². The van der Waals surface area contributed by atoms with Crippen molar-refractivity contribution in [3.8, 4) is 0 Å². The molecule has 0 aromatic heterocycles. The van der Waals surface area contributed by atoms with E-state index in [-0.39, 0.29) is 0 Å². The van der Waals surface area contributed by atoms with E-state index in [0.29, 0.717) is 26.1 Å². The maximum Gasteiger partial charge on any atom is 0.0951 e. The molecule has 2 rings (SSSR count). The number of benzene rings is 1. The molecule has 1 fully saturated rings. The summed E-state index contributed by atoms with van der Waals surface area (Å²) in [6.45, 7) is 3.32. The van der Waals surface area contributed by atoms with Gasteiger partial charge in [-0.1, -0.05) is 28.1 Å². The van der Waals surface area contributed by atoms with Gasteiger partial charge in [-0.2, -0.15) is 0 Å². The van der Waals surface area contributed by atoms with Crippen LogP contribution in [-0.4, -0.2) is 18.3 Å². The highest BCUT2D eigenvalue weighted by molar-refractivity contribution is 9.10. The summed E-state index contributed by atoms with van der Waals surface area (Å²) in [4.78, 5) is 0. The smallest absolute Gasteiger partial charge is 0.0951 e. The van der Waals surface area contributed by atoms with Crippen LogP contribution in [0.15, 0.2) is 22.7 Å². The fourth-order valence-electron chi connectivity index (χ4n) is 1.98. The van der Waals surface area contributed by atoms with Gasteiger partial charge in [0.25, 0.3) is 0 Å². The second kappa shape index (κ2) is 4.24. The average molecular weight is 271 g/mol. The number of aryl methyl sites for hydroxylation is 1. The van der Waals surface area contributed by atoms with E-state index in [1.807, 2.05) is 25.1 Å². The fraction of sp³-hybridized carbons (Fsp3) is 0.500. The first-order chi connectivity index (χ1) is 7.12. The molecular weight excluding hydrogens is 256 g/mol. The molecule has 1 saturated heterocycles. The molecule has 1 N–H and O–H groups in total. The molecule has 0 atom stereocenters. The fourth-order valence-corrected chi connectivity index (χ4v) is 2.84. The summed E-state index contributed by atoms with van der Waals surface area (Å²) in [5.41, 5.74) is 1.46. The van der Waals surface area contributed by atoms with Gasteiger partial charge in [0.2, 0.25) is 0 Å². The van der Waals surface area contributed by atoms with Crippen molar-refractivity contribution >= 4 is 15.9 Å². The van der Waals surface area contributed by atoms with E-state index in [2.05, 4.69) is 15.9 Å². The third-order valence-electron chi connectivity index (χ3n) is 2.95. The van der Waals surface area contributed by atoms with Gasteiger partial charge >= 0.3 is 0 Å². The summed E-state index contributed by atoms with van der Waals surface area (Å²) in [6, 6.07) is 6.08. The maximum atomic E-state index is 10.5. The Morgan fingerprint density at radius 2 is 2.00 bits per heavy atom. The zero-order chi connectivity index (χ0) is 10.9. The van der Waals surface area contributed by atoms with Gasteiger partial charge in [0.15, 0.2) is 0 Å². The number of hydrogen-bond acceptors (Lipinski definition) is 2. The van der Waals surface area contributed by atoms with Crippen LogP contribution in [0.1, 0.15) is 24.0 Å². The van der Waals surface area contributed by atoms with Crippen molar-refractivity contribution < 1.29 is 9.84 Å². The molecule has 0 spiro atoms. The van der Waals surface area contributed by atoms with Gasteiger partial charge in [-0.05, 0) is 24.1 Å². The van der Waals surface area contributed by atoms with Crippen LogP contribution in [0, 0.1) is 6.92 Å². The molecule has 1 heterocycles. The molecule has 0 bridgehead atoms. The molecule has 0 saturated carbocycles. The quantitative estimate of drug-likeness (QED) is 0.851. The van der Waals surface area contributed by atoms with Gasteiger partial charge in [0.1, 0.15) is 0 Å². The van der Waals surface area contributed by atoms with Crippen LogP contribution >= 0.6 is 15.9 Å². The lowest BCUT2D eigenvalue weighted by atomic mass is 9.86. The van der Waals surface area contributed by atoms with E-state index in [0.717, 1.165) is 10.0 Å². The Kier molecular flexibility index (Phi) is 3.14. The molecule has 0 aliphatic carbocycles. The summed E-state index contributed by atoms with van der Waals surface area (Å²) in [5, 5.41) is 10.5. The van der Waals surface area contributed by atoms with Gasteiger partial charge in [-0.15, -0.1) is 0 Å². The third-order valence-corrected chi connectivity index (χ3v) is 3.60. The minimum Gasteiger partial charge on any atom is -0.385 e. The second-order valence-corrected chi connectivity index (χ2v) is 4.98. The minimum absolute atomic E-state index is 0.636. The summed E-state index contributed by atoms with van der Waals surface area (Å²) in [6.07, 6.45) is 1.35. The van der Waals surface area contributed by atoms with E-state index >= 15 is 0 Å². The van der Waals surface area contributed by atoms with Gasteiger partial charge in [0, 0.05) is 30.5 Å². The Hall–Kier alpha value is -0.380. The Balaban J connectivity index is 2.35. The predicted octanol–water partition coefficient (Wildman–Crippen LogP) is 2.76. The highest BCUT2D eigenvalue weighted by Gasteiger charge is 2.33. The number of ether oxygens (including phenoxy) is 1. The third kappa shape index (κ3) is 2.25. The summed E-state index contributed by atoms with van der Waals surface area (Å²) in [5.74, 6) is 0. The molecule has 3 heteroatoms. The van der Waals surface area contributed by atoms with Crippen LogP contribution in [-0.2, 0) is 10.3 Å². The molecule has 82 valence electrons. The van der Waals surface area contributed by atoms with Gasteiger partial charge in [-0.25, -0.2) is 0 Å². The number of hydrogen-bond donors (Lipinski definition) is 1. The van der Waals surface area contributed by atoms with E-state index < -0.39 is 5.60 Å². The lowest BCUT2D eigenvalue weighted by Crippen LogP contribution is -2.33. The molecular formula is C12H15BrO2. The predicted molar refractivity (Wildman–Crippen MR) is 62.8 cm³/mol. The highest BCUT2D eigenvalue weighted by Crippen LogP contribution is 2.36. The van der Waals surface area contributed by atoms with Crippen LogP contribution in [0.25, 0.3) is 0 Å². The lowest BCUT2D eigenvalue weighted by molar-refractivity contribution is -0.0683. The molecule has 15 heavy (non-hydrogen) atoms. The number of aliphatic hydroxyl groups is 1. The SMILES string of the molecule is Cc1ccc(C2(O)CCOCC2)c(Br)c1. The van der Waals surface area contributed by atoms with Crippen molar-refractivity contribution in [2.45, 2.75) is 25.4 Å². The Bertz CT molecular complexity index is 357. The van der Waals surface area contributed by atoms with E-state index in [1.165, 1.54) is 5.56 Å². The molecule has 1 aromatic rings. The van der Waals surface area contributed by atoms with Gasteiger partial charge in [0.05, 0.1) is 5.60 Å². The zero-order valence-corrected chi connectivity index (χ0v) is 10.4. The van der Waals surface area contributed by atoms with E-state index in [4.69, 9.17) is 4.74 Å². The van der Waals surface area contributed by atoms with Crippen molar-refractivity contribution in [1.29, 1.82) is 0 Å². The van der Waals surface area contributed by atoms with Crippen molar-refractivity contribution in [2.75, 3.05) is 13.2 Å². The number of halogens is 1. The van der Waals surface area contributed by atoms with Crippen LogP contribution in [0.2, 0.25) is 0 Å². The van der Waals surface area contributed by atoms with Crippen molar-refractivity contribution in [3.63, 3.8) is 0 Å². The standard InChI is InChI=1S/C12H15BrO2/c1-9-2-3-10(11(13)8-9)12(14)4-6-15-7-5-12/h2-3,8,14H,4-7H2,1H3. The second-order valence-electron chi connectivity index (χ2n) is 4.13. The molecule has 1 aromatic carbocycles. The average Bonchev–Trinajstić information content (AvgIpc) is 2.18. The summed E-state index contributed by atoms with van der Waals surface area (Å²) >= 11 is 3.52. The first-order valence-electron chi connectivity index (χ1n) is 5.19. The Morgan fingerprint density at radius 3 is 2.60 bits per heavy atom. The molecule has 1 aliphatic rings. The lowest BCUT2D eigenvalue weighted by Gasteiger charge is -2.33. The molecule has 0 radical (unpaired) electrons. The van der Waals surface area contributed by atoms with Crippen LogP contribution in [0.3, 0.4) is 0 Å². The van der Waals surface area contributed by atoms with Crippen LogP contribution < -0.4 is 0 Å². The largest absolute Gasteiger partial charge is 0.385 e. The zero-order valence-electron chi connectivity index (χ0n) is 8.79. The normalized spacial score (nSPS) is 20.2. The van der Waals surface area contributed by atoms with Crippen molar-refractivity contribution in [3.05, 3.63) is 33.8 Å². The maximum absolute atomic E-state index is 10.5. The highest BCUT2D eigenvalue weighted by atomic mass is 79.9. The van der Waals surface area contributed by atoms with E-state index in [1.54, 1.807) is 0 Å². The molecule has 1 aliphatic heterocycles. The van der Waals surface area contributed by atoms with Crippen LogP contribution in [0.4, 0.5) is 0 Å². The molecule has 0 amide bonds. The molecule has 2 nitrogen and oxygen atoms in total. The Morgan fingerprint density at radius 1 is 1.33 bits per heavy atom. The first kappa shape index (κ1) is 11.1. The van der Waals surface area contributed by atoms with Gasteiger partial charge < -0.3 is 9.84 Å².